The molecule has 3 heterocycles. The second-order valence-corrected chi connectivity index (χ2v) is 5.65. The van der Waals surface area contributed by atoms with Crippen molar-refractivity contribution in [3.8, 4) is 11.3 Å². The summed E-state index contributed by atoms with van der Waals surface area (Å²) in [5.41, 5.74) is 3.91. The molecule has 0 amide bonds. The number of hydrogen-bond acceptors (Lipinski definition) is 6. The lowest BCUT2D eigenvalue weighted by atomic mass is 10.0. The number of morpholine rings is 1. The minimum Gasteiger partial charge on any atom is -0.378 e. The molecule has 6 heteroatoms. The van der Waals surface area contributed by atoms with Gasteiger partial charge < -0.3 is 9.64 Å². The van der Waals surface area contributed by atoms with Gasteiger partial charge in [0.1, 0.15) is 0 Å². The maximum Gasteiger partial charge on any atom is 0.226 e. The lowest BCUT2D eigenvalue weighted by molar-refractivity contribution is 0.101. The Labute approximate surface area is 135 Å². The first kappa shape index (κ1) is 15.6. The first-order valence-electron chi connectivity index (χ1n) is 7.71. The highest BCUT2D eigenvalue weighted by molar-refractivity contribution is 5.96. The monoisotopic (exact) mass is 312 g/mol. The van der Waals surface area contributed by atoms with Crippen molar-refractivity contribution in [1.29, 1.82) is 0 Å². The van der Waals surface area contributed by atoms with Gasteiger partial charge in [0.05, 0.1) is 18.9 Å². The molecule has 1 aliphatic heterocycles. The van der Waals surface area contributed by atoms with Gasteiger partial charge in [-0.2, -0.15) is 0 Å². The van der Waals surface area contributed by atoms with Gasteiger partial charge in [0.15, 0.2) is 5.78 Å². The van der Waals surface area contributed by atoms with Crippen molar-refractivity contribution in [3.63, 3.8) is 0 Å². The molecule has 120 valence electrons. The van der Waals surface area contributed by atoms with Crippen molar-refractivity contribution in [3.05, 3.63) is 35.3 Å². The van der Waals surface area contributed by atoms with Crippen LogP contribution in [0, 0.1) is 13.8 Å². The molecule has 0 spiro atoms. The zero-order valence-electron chi connectivity index (χ0n) is 13.7. The topological polar surface area (TPSA) is 68.2 Å². The van der Waals surface area contributed by atoms with Gasteiger partial charge in [0.25, 0.3) is 0 Å². The molecule has 0 unspecified atom stereocenters. The third kappa shape index (κ3) is 3.22. The molecule has 0 N–H and O–H groups in total. The summed E-state index contributed by atoms with van der Waals surface area (Å²) in [5, 5.41) is 0. The van der Waals surface area contributed by atoms with Gasteiger partial charge in [-0.1, -0.05) is 0 Å². The van der Waals surface area contributed by atoms with E-state index in [1.54, 1.807) is 13.1 Å². The molecule has 0 saturated carbocycles. The number of pyridine rings is 1. The second kappa shape index (κ2) is 6.42. The normalized spacial score (nSPS) is 14.8. The Kier molecular flexibility index (Phi) is 4.34. The third-order valence-electron chi connectivity index (χ3n) is 4.00. The van der Waals surface area contributed by atoms with Crippen LogP contribution >= 0.6 is 0 Å². The molecule has 1 fully saturated rings. The summed E-state index contributed by atoms with van der Waals surface area (Å²) in [7, 11) is 0. The van der Waals surface area contributed by atoms with Gasteiger partial charge in [0.2, 0.25) is 5.95 Å². The first-order chi connectivity index (χ1) is 11.1. The molecule has 0 radical (unpaired) electrons. The van der Waals surface area contributed by atoms with E-state index in [0.29, 0.717) is 24.7 Å². The molecule has 0 bridgehead atoms. The summed E-state index contributed by atoms with van der Waals surface area (Å²) in [6.07, 6.45) is 1.75. The highest BCUT2D eigenvalue weighted by atomic mass is 16.5. The van der Waals surface area contributed by atoms with E-state index in [9.17, 15) is 4.79 Å². The number of hydrogen-bond donors (Lipinski definition) is 0. The Hall–Kier alpha value is -2.34. The summed E-state index contributed by atoms with van der Waals surface area (Å²) < 4.78 is 5.37. The molecular weight excluding hydrogens is 292 g/mol. The average molecular weight is 312 g/mol. The average Bonchev–Trinajstić information content (AvgIpc) is 2.55. The molecule has 0 atom stereocenters. The van der Waals surface area contributed by atoms with Crippen LogP contribution in [-0.4, -0.2) is 47.0 Å². The van der Waals surface area contributed by atoms with E-state index >= 15 is 0 Å². The predicted molar refractivity (Wildman–Crippen MR) is 87.8 cm³/mol. The van der Waals surface area contributed by atoms with Crippen LogP contribution in [0.2, 0.25) is 0 Å². The van der Waals surface area contributed by atoms with Gasteiger partial charge in [-0.05, 0) is 32.9 Å². The number of ether oxygens (including phenoxy) is 1. The van der Waals surface area contributed by atoms with Crippen LogP contribution in [0.15, 0.2) is 18.3 Å². The van der Waals surface area contributed by atoms with Crippen molar-refractivity contribution in [2.75, 3.05) is 31.2 Å². The lowest BCUT2D eigenvalue weighted by Gasteiger charge is -2.26. The van der Waals surface area contributed by atoms with Crippen molar-refractivity contribution in [2.45, 2.75) is 20.8 Å². The number of aryl methyl sites for hydroxylation is 2. The number of anilines is 1. The molecule has 6 nitrogen and oxygen atoms in total. The van der Waals surface area contributed by atoms with Gasteiger partial charge in [-0.15, -0.1) is 0 Å². The van der Waals surface area contributed by atoms with Crippen molar-refractivity contribution < 1.29 is 9.53 Å². The number of nitrogens with zero attached hydrogens (tertiary/aromatic N) is 4. The highest BCUT2D eigenvalue weighted by Crippen LogP contribution is 2.24. The molecule has 2 aromatic heterocycles. The predicted octanol–water partition coefficient (Wildman–Crippen LogP) is 2.19. The van der Waals surface area contributed by atoms with Crippen LogP contribution in [0.1, 0.15) is 28.7 Å². The van der Waals surface area contributed by atoms with Crippen LogP contribution < -0.4 is 4.90 Å². The fraction of sp³-hybridized carbons (Fsp3) is 0.412. The molecule has 0 aromatic carbocycles. The van der Waals surface area contributed by atoms with E-state index in [1.807, 2.05) is 26.0 Å². The molecule has 0 aliphatic carbocycles. The van der Waals surface area contributed by atoms with Crippen molar-refractivity contribution in [1.82, 2.24) is 15.0 Å². The van der Waals surface area contributed by atoms with Crippen LogP contribution in [0.4, 0.5) is 5.95 Å². The minimum absolute atomic E-state index is 0.0127. The number of rotatable bonds is 3. The van der Waals surface area contributed by atoms with E-state index < -0.39 is 0 Å². The van der Waals surface area contributed by atoms with Crippen molar-refractivity contribution >= 4 is 11.7 Å². The molecule has 23 heavy (non-hydrogen) atoms. The zero-order chi connectivity index (χ0) is 16.4. The highest BCUT2D eigenvalue weighted by Gasteiger charge is 2.16. The maximum absolute atomic E-state index is 11.8. The van der Waals surface area contributed by atoms with Gasteiger partial charge in [-0.25, -0.2) is 9.97 Å². The van der Waals surface area contributed by atoms with E-state index in [4.69, 9.17) is 4.74 Å². The Morgan fingerprint density at radius 1 is 1.17 bits per heavy atom. The van der Waals surface area contributed by atoms with E-state index in [0.717, 1.165) is 35.7 Å². The summed E-state index contributed by atoms with van der Waals surface area (Å²) in [6.45, 7) is 8.29. The minimum atomic E-state index is 0.0127. The number of carbonyl (C=O) groups excluding carboxylic acids is 1. The van der Waals surface area contributed by atoms with Crippen LogP contribution in [0.5, 0.6) is 0 Å². The summed E-state index contributed by atoms with van der Waals surface area (Å²) >= 11 is 0. The number of Topliss-reactive ketones (excluding diaryl/α,β-unsaturated/α-hetero) is 1. The maximum atomic E-state index is 11.8. The zero-order valence-corrected chi connectivity index (χ0v) is 13.7. The van der Waals surface area contributed by atoms with Crippen LogP contribution in [-0.2, 0) is 4.74 Å². The van der Waals surface area contributed by atoms with Crippen LogP contribution in [0.25, 0.3) is 11.3 Å². The smallest absolute Gasteiger partial charge is 0.226 e. The standard InChI is InChI=1S/C17H20N4O2/c1-11-14(13(3)22)10-15(12(2)19-11)16-4-5-18-17(20-16)21-6-8-23-9-7-21/h4-5,10H,6-9H2,1-3H3. The first-order valence-corrected chi connectivity index (χ1v) is 7.71. The Bertz CT molecular complexity index is 739. The van der Waals surface area contributed by atoms with Crippen molar-refractivity contribution in [2.24, 2.45) is 0 Å². The summed E-state index contributed by atoms with van der Waals surface area (Å²) in [6, 6.07) is 3.73. The fourth-order valence-corrected chi connectivity index (χ4v) is 2.76. The number of aromatic nitrogens is 3. The van der Waals surface area contributed by atoms with E-state index in [1.165, 1.54) is 0 Å². The Morgan fingerprint density at radius 2 is 1.91 bits per heavy atom. The number of carbonyl (C=O) groups is 1. The van der Waals surface area contributed by atoms with Gasteiger partial charge in [-0.3, -0.25) is 9.78 Å². The van der Waals surface area contributed by atoms with Gasteiger partial charge in [0, 0.05) is 41.8 Å². The van der Waals surface area contributed by atoms with Crippen LogP contribution in [0.3, 0.4) is 0 Å². The number of ketones is 1. The summed E-state index contributed by atoms with van der Waals surface area (Å²) in [4.78, 5) is 27.4. The molecule has 2 aromatic rings. The molecule has 3 rings (SSSR count). The largest absolute Gasteiger partial charge is 0.378 e. The van der Waals surface area contributed by atoms with E-state index in [-0.39, 0.29) is 5.78 Å². The SMILES string of the molecule is CC(=O)c1cc(-c2ccnc(N3CCOCC3)n2)c(C)nc1C. The third-order valence-corrected chi connectivity index (χ3v) is 4.00. The quantitative estimate of drug-likeness (QED) is 0.809. The van der Waals surface area contributed by atoms with Gasteiger partial charge >= 0.3 is 0 Å². The fourth-order valence-electron chi connectivity index (χ4n) is 2.76. The summed E-state index contributed by atoms with van der Waals surface area (Å²) in [5.74, 6) is 0.703. The molecule has 1 saturated heterocycles. The molecule has 1 aliphatic rings. The lowest BCUT2D eigenvalue weighted by Crippen LogP contribution is -2.37. The Morgan fingerprint density at radius 3 is 2.61 bits per heavy atom. The Balaban J connectivity index is 2.01. The second-order valence-electron chi connectivity index (χ2n) is 5.65. The van der Waals surface area contributed by atoms with E-state index in [2.05, 4.69) is 19.9 Å². The molecular formula is C17H20N4O2.